The van der Waals surface area contributed by atoms with Crippen LogP contribution in [0.15, 0.2) is 18.2 Å². The van der Waals surface area contributed by atoms with Crippen LogP contribution in [0.1, 0.15) is 18.5 Å². The highest BCUT2D eigenvalue weighted by molar-refractivity contribution is 5.90. The first-order valence-electron chi connectivity index (χ1n) is 8.75. The summed E-state index contributed by atoms with van der Waals surface area (Å²) in [6, 6.07) is 6.03. The Morgan fingerprint density at radius 2 is 2.25 bits per heavy atom. The number of halogens is 1. The van der Waals surface area contributed by atoms with Gasteiger partial charge < -0.3 is 20.1 Å². The van der Waals surface area contributed by atoms with Crippen LogP contribution in [0, 0.1) is 11.9 Å². The van der Waals surface area contributed by atoms with E-state index in [-0.39, 0.29) is 31.1 Å². The second kappa shape index (κ2) is 8.22. The minimum absolute atomic E-state index is 0.163. The van der Waals surface area contributed by atoms with Gasteiger partial charge in [0.2, 0.25) is 11.8 Å². The summed E-state index contributed by atoms with van der Waals surface area (Å²) >= 11 is 0. The number of hydrogen-bond donors (Lipinski definition) is 2. The van der Waals surface area contributed by atoms with Crippen molar-refractivity contribution < 1.29 is 28.6 Å². The van der Waals surface area contributed by atoms with Crippen molar-refractivity contribution in [2.24, 2.45) is 0 Å². The van der Waals surface area contributed by atoms with E-state index < -0.39 is 36.6 Å². The lowest BCUT2D eigenvalue weighted by atomic mass is 10.0. The second-order valence-electron chi connectivity index (χ2n) is 6.42. The summed E-state index contributed by atoms with van der Waals surface area (Å²) in [7, 11) is 0. The second-order valence-corrected chi connectivity index (χ2v) is 6.42. The molecule has 1 aromatic carbocycles. The van der Waals surface area contributed by atoms with Crippen molar-refractivity contribution >= 4 is 23.6 Å². The first-order chi connectivity index (χ1) is 13.4. The number of amides is 3. The molecule has 9 nitrogen and oxygen atoms in total. The van der Waals surface area contributed by atoms with E-state index in [0.29, 0.717) is 12.2 Å². The molecule has 2 N–H and O–H groups in total. The smallest absolute Gasteiger partial charge is 0.414 e. The van der Waals surface area contributed by atoms with E-state index in [4.69, 9.17) is 9.84 Å². The highest BCUT2D eigenvalue weighted by Crippen LogP contribution is 2.29. The molecule has 3 amide bonds. The van der Waals surface area contributed by atoms with Crippen molar-refractivity contribution in [3.8, 4) is 6.07 Å². The number of anilines is 1. The Labute approximate surface area is 160 Å². The lowest BCUT2D eigenvalue weighted by Crippen LogP contribution is -2.39. The third kappa shape index (κ3) is 4.04. The quantitative estimate of drug-likeness (QED) is 0.761. The zero-order valence-electron chi connectivity index (χ0n) is 15.2. The average Bonchev–Trinajstić information content (AvgIpc) is 3.06. The van der Waals surface area contributed by atoms with E-state index in [2.05, 4.69) is 16.2 Å². The van der Waals surface area contributed by atoms with Crippen molar-refractivity contribution in [2.45, 2.75) is 19.1 Å². The molecule has 0 aromatic heterocycles. The molecule has 0 saturated carbocycles. The molecule has 0 aliphatic carbocycles. The van der Waals surface area contributed by atoms with Gasteiger partial charge in [-0.2, -0.15) is 0 Å². The molecule has 2 heterocycles. The Morgan fingerprint density at radius 3 is 2.93 bits per heavy atom. The molecule has 2 atom stereocenters. The molecule has 0 radical (unpaired) electrons. The van der Waals surface area contributed by atoms with Crippen LogP contribution in [0.3, 0.4) is 0 Å². The molecule has 1 aromatic rings. The van der Waals surface area contributed by atoms with E-state index >= 15 is 0 Å². The fourth-order valence-corrected chi connectivity index (χ4v) is 3.11. The zero-order valence-corrected chi connectivity index (χ0v) is 15.2. The number of hydrogen-bond acceptors (Lipinski definition) is 5. The number of carbonyl (C=O) groups is 3. The van der Waals surface area contributed by atoms with Gasteiger partial charge in [0.05, 0.1) is 25.3 Å². The molecule has 0 bridgehead atoms. The van der Waals surface area contributed by atoms with Gasteiger partial charge in [0.1, 0.15) is 18.5 Å². The number of carbonyl (C=O) groups excluding carboxylic acids is 3. The van der Waals surface area contributed by atoms with E-state index in [9.17, 15) is 18.8 Å². The number of cyclic esters (lactones) is 1. The molecule has 2 aliphatic rings. The van der Waals surface area contributed by atoms with Crippen LogP contribution < -0.4 is 10.2 Å². The number of rotatable bonds is 5. The average molecular weight is 391 g/mol. The van der Waals surface area contributed by atoms with Crippen LogP contribution in [0.4, 0.5) is 14.9 Å². The predicted molar refractivity (Wildman–Crippen MR) is 96.4 cm³/mol. The maximum absolute atomic E-state index is 14.8. The zero-order chi connectivity index (χ0) is 20.3. The summed E-state index contributed by atoms with van der Waals surface area (Å²) in [6.07, 6.45) is -1.17. The number of nitrogens with zero attached hydrogens (tertiary/aromatic N) is 3. The van der Waals surface area contributed by atoms with Gasteiger partial charge in [0, 0.05) is 12.5 Å². The minimum Gasteiger partial charge on any atom is -0.442 e. The molecule has 10 heteroatoms. The van der Waals surface area contributed by atoms with Crippen LogP contribution in [-0.4, -0.2) is 66.8 Å². The summed E-state index contributed by atoms with van der Waals surface area (Å²) in [5.74, 6) is -1.42. The highest BCUT2D eigenvalue weighted by Gasteiger charge is 2.35. The molecule has 1 fully saturated rings. The van der Waals surface area contributed by atoms with Crippen molar-refractivity contribution in [3.05, 3.63) is 34.4 Å². The van der Waals surface area contributed by atoms with E-state index in [1.165, 1.54) is 28.9 Å². The Hall–Kier alpha value is -3.19. The monoisotopic (exact) mass is 391 g/mol. The van der Waals surface area contributed by atoms with Crippen LogP contribution in [-0.2, 0) is 14.3 Å². The van der Waals surface area contributed by atoms with Crippen molar-refractivity contribution in [1.29, 1.82) is 0 Å². The normalized spacial score (nSPS) is 21.0. The van der Waals surface area contributed by atoms with E-state index in [1.54, 1.807) is 6.07 Å². The molecule has 2 aliphatic heterocycles. The number of benzene rings is 1. The third-order valence-electron chi connectivity index (χ3n) is 4.48. The van der Waals surface area contributed by atoms with Crippen LogP contribution in [0.2, 0.25) is 0 Å². The predicted octanol–water partition coefficient (Wildman–Crippen LogP) is 0.495. The summed E-state index contributed by atoms with van der Waals surface area (Å²) in [5, 5.41) is 11.7. The Kier molecular flexibility index (Phi) is 5.75. The maximum Gasteiger partial charge on any atom is 0.414 e. The lowest BCUT2D eigenvalue weighted by molar-refractivity contribution is -0.135. The fraction of sp³-hybridized carbons (Fsp3) is 0.444. The molecule has 148 valence electrons. The molecule has 0 spiro atoms. The van der Waals surface area contributed by atoms with Crippen molar-refractivity contribution in [3.63, 3.8) is 0 Å². The topological polar surface area (TPSA) is 104 Å². The van der Waals surface area contributed by atoms with Gasteiger partial charge in [-0.1, -0.05) is 10.9 Å². The molecular weight excluding hydrogens is 371 g/mol. The van der Waals surface area contributed by atoms with Crippen LogP contribution >= 0.6 is 0 Å². The van der Waals surface area contributed by atoms with Gasteiger partial charge >= 0.3 is 12.2 Å². The Bertz CT molecular complexity index is 865. The molecule has 1 unspecified atom stereocenters. The molecule has 3 rings (SSSR count). The van der Waals surface area contributed by atoms with Crippen LogP contribution in [0.25, 0.3) is 4.85 Å². The van der Waals surface area contributed by atoms with Gasteiger partial charge in [-0.3, -0.25) is 14.5 Å². The third-order valence-corrected chi connectivity index (χ3v) is 4.48. The molecule has 28 heavy (non-hydrogen) atoms. The summed E-state index contributed by atoms with van der Waals surface area (Å²) in [4.78, 5) is 41.5. The SMILES string of the molecule is CC(=O)NC[C@H]1CN(c2ccc(C3C#[N+]CCN3C(=O)CO)c(F)c2)C(=O)O1. The molecular formula is C18H20FN4O5+. The van der Waals surface area contributed by atoms with Gasteiger partial charge in [-0.25, -0.2) is 9.18 Å². The van der Waals surface area contributed by atoms with E-state index in [0.717, 1.165) is 0 Å². The minimum atomic E-state index is -0.847. The van der Waals surface area contributed by atoms with Gasteiger partial charge in [-0.05, 0) is 12.1 Å². The van der Waals surface area contributed by atoms with E-state index in [1.807, 2.05) is 0 Å². The van der Waals surface area contributed by atoms with Crippen molar-refractivity contribution in [2.75, 3.05) is 37.7 Å². The van der Waals surface area contributed by atoms with Crippen molar-refractivity contribution in [1.82, 2.24) is 10.2 Å². The summed E-state index contributed by atoms with van der Waals surface area (Å²) in [6.45, 7) is 1.60. The lowest BCUT2D eigenvalue weighted by Gasteiger charge is -2.25. The van der Waals surface area contributed by atoms with Gasteiger partial charge in [0.25, 0.3) is 6.54 Å². The standard InChI is InChI=1S/C18H19FN4O5/c1-11(25)21-7-13-9-23(18(27)28-13)12-2-3-14(15(19)6-12)16-8-20-4-5-22(16)17(26)10-24/h2-3,6,13,16,24H,4-5,7,9-10H2,1H3/p+1/t13-,16?/m0/s1. The van der Waals surface area contributed by atoms with Gasteiger partial charge in [0.15, 0.2) is 6.04 Å². The highest BCUT2D eigenvalue weighted by atomic mass is 19.1. The first kappa shape index (κ1) is 19.6. The number of ether oxygens (including phenoxy) is 1. The molecule has 1 saturated heterocycles. The maximum atomic E-state index is 14.8. The number of nitrogens with one attached hydrogen (secondary N) is 1. The fourth-order valence-electron chi connectivity index (χ4n) is 3.11. The summed E-state index contributed by atoms with van der Waals surface area (Å²) in [5.41, 5.74) is 0.459. The Morgan fingerprint density at radius 1 is 1.46 bits per heavy atom. The van der Waals surface area contributed by atoms with Gasteiger partial charge in [-0.15, -0.1) is 0 Å². The first-order valence-corrected chi connectivity index (χ1v) is 8.75. The largest absolute Gasteiger partial charge is 0.442 e. The van der Waals surface area contributed by atoms with Crippen LogP contribution in [0.5, 0.6) is 0 Å². The summed E-state index contributed by atoms with van der Waals surface area (Å²) < 4.78 is 20.0. The number of aliphatic hydroxyl groups is 1. The Balaban J connectivity index is 1.78. The number of aliphatic hydroxyl groups excluding tert-OH is 1.